The van der Waals surface area contributed by atoms with Crippen LogP contribution in [0.15, 0.2) is 36.5 Å². The van der Waals surface area contributed by atoms with Gasteiger partial charge in [-0.05, 0) is 49.5 Å². The Hall–Kier alpha value is -2.38. The van der Waals surface area contributed by atoms with Gasteiger partial charge in [-0.1, -0.05) is 12.1 Å². The summed E-state index contributed by atoms with van der Waals surface area (Å²) in [6.07, 6.45) is 5.38. The highest BCUT2D eigenvalue weighted by molar-refractivity contribution is 6.02. The van der Waals surface area contributed by atoms with Crippen molar-refractivity contribution >= 4 is 17.6 Å². The van der Waals surface area contributed by atoms with Gasteiger partial charge in [-0.2, -0.15) is 0 Å². The Morgan fingerprint density at radius 3 is 2.60 bits per heavy atom. The molecule has 1 heterocycles. The summed E-state index contributed by atoms with van der Waals surface area (Å²) in [6, 6.07) is 7.16. The van der Waals surface area contributed by atoms with Gasteiger partial charge < -0.3 is 20.5 Å². The molecule has 7 nitrogen and oxygen atoms in total. The molecule has 0 radical (unpaired) electrons. The number of carbonyl (C=O) groups is 1. The number of rotatable bonds is 6. The van der Waals surface area contributed by atoms with Crippen molar-refractivity contribution < 1.29 is 14.6 Å². The van der Waals surface area contributed by atoms with Crippen LogP contribution >= 0.6 is 0 Å². The number of anilines is 1. The molecule has 1 aromatic carbocycles. The zero-order valence-electron chi connectivity index (χ0n) is 14.2. The van der Waals surface area contributed by atoms with Crippen molar-refractivity contribution in [2.75, 3.05) is 18.5 Å². The molecule has 1 aromatic rings. The van der Waals surface area contributed by atoms with E-state index < -0.39 is 5.60 Å². The number of amidine groups is 1. The summed E-state index contributed by atoms with van der Waals surface area (Å²) in [4.78, 5) is 11.7. The van der Waals surface area contributed by atoms with E-state index in [4.69, 9.17) is 10.1 Å². The summed E-state index contributed by atoms with van der Waals surface area (Å²) in [7, 11) is 0. The molecular weight excluding hydrogens is 320 g/mol. The summed E-state index contributed by atoms with van der Waals surface area (Å²) >= 11 is 0. The van der Waals surface area contributed by atoms with Crippen LogP contribution in [0.4, 0.5) is 10.5 Å². The van der Waals surface area contributed by atoms with Crippen LogP contribution in [0.3, 0.4) is 0 Å². The van der Waals surface area contributed by atoms with Crippen molar-refractivity contribution in [3.8, 4) is 0 Å². The van der Waals surface area contributed by atoms with Gasteiger partial charge in [-0.25, -0.2) is 4.79 Å². The second-order valence-electron chi connectivity index (χ2n) is 6.72. The molecule has 2 aliphatic rings. The van der Waals surface area contributed by atoms with Crippen LogP contribution in [0, 0.1) is 11.3 Å². The molecule has 2 amide bonds. The number of carbonyl (C=O) groups excluding carboxylic acids is 1. The van der Waals surface area contributed by atoms with E-state index in [0.717, 1.165) is 24.1 Å². The molecule has 25 heavy (non-hydrogen) atoms. The van der Waals surface area contributed by atoms with E-state index in [1.165, 1.54) is 6.08 Å². The van der Waals surface area contributed by atoms with Crippen LogP contribution in [-0.4, -0.2) is 36.2 Å². The average Bonchev–Trinajstić information content (AvgIpc) is 3.38. The molecule has 1 aliphatic carbocycles. The molecule has 2 fully saturated rings. The van der Waals surface area contributed by atoms with Crippen LogP contribution in [0.25, 0.3) is 0 Å². The van der Waals surface area contributed by atoms with E-state index in [1.807, 2.05) is 31.2 Å². The molecule has 0 aromatic heterocycles. The Bertz CT molecular complexity index is 663. The van der Waals surface area contributed by atoms with Crippen LogP contribution in [0.2, 0.25) is 0 Å². The zero-order chi connectivity index (χ0) is 17.9. The maximum absolute atomic E-state index is 11.7. The summed E-state index contributed by atoms with van der Waals surface area (Å²) in [6.45, 7) is 2.63. The van der Waals surface area contributed by atoms with E-state index in [1.54, 1.807) is 6.20 Å². The fraction of sp³-hybridized carbons (Fsp3) is 0.444. The van der Waals surface area contributed by atoms with Crippen LogP contribution in [0.5, 0.6) is 0 Å². The summed E-state index contributed by atoms with van der Waals surface area (Å²) in [5, 5.41) is 26.3. The standard InChI is InChI=1S/C18H24N4O3/c1-12(13-2-3-13)21-17(23)22-16(19)8-9-20-15-6-4-14(5-7-15)18(24)10-25-11-18/h4-9,12-13,20,24H,2-3,10-11H2,1H3,(H3,19,21,22,23)/b9-8-/t12-/m0/s1. The number of amides is 2. The molecular formula is C18H24N4O3. The SMILES string of the molecule is C[C@H](NC(=O)NC(=N)/C=C\Nc1ccc(C2(O)COC2)cc1)C1CC1. The molecule has 134 valence electrons. The number of aliphatic hydroxyl groups is 1. The highest BCUT2D eigenvalue weighted by atomic mass is 16.5. The molecule has 7 heteroatoms. The van der Waals surface area contributed by atoms with E-state index >= 15 is 0 Å². The van der Waals surface area contributed by atoms with Crippen LogP contribution < -0.4 is 16.0 Å². The highest BCUT2D eigenvalue weighted by Crippen LogP contribution is 2.32. The Balaban J connectivity index is 1.42. The van der Waals surface area contributed by atoms with E-state index in [0.29, 0.717) is 19.1 Å². The molecule has 0 bridgehead atoms. The Labute approximate surface area is 147 Å². The number of urea groups is 1. The fourth-order valence-corrected chi connectivity index (χ4v) is 2.68. The monoisotopic (exact) mass is 344 g/mol. The smallest absolute Gasteiger partial charge is 0.320 e. The van der Waals surface area contributed by atoms with Gasteiger partial charge in [-0.15, -0.1) is 0 Å². The van der Waals surface area contributed by atoms with Crippen molar-refractivity contribution in [2.24, 2.45) is 5.92 Å². The number of hydrogen-bond acceptors (Lipinski definition) is 5. The van der Waals surface area contributed by atoms with Crippen molar-refractivity contribution in [1.29, 1.82) is 5.41 Å². The zero-order valence-corrected chi connectivity index (χ0v) is 14.2. The van der Waals surface area contributed by atoms with E-state index in [-0.39, 0.29) is 17.9 Å². The first-order valence-corrected chi connectivity index (χ1v) is 8.46. The minimum Gasteiger partial charge on any atom is -0.380 e. The van der Waals surface area contributed by atoms with Gasteiger partial charge in [0.2, 0.25) is 0 Å². The van der Waals surface area contributed by atoms with Gasteiger partial charge in [0.05, 0.1) is 13.2 Å². The van der Waals surface area contributed by atoms with Gasteiger partial charge in [0, 0.05) is 17.9 Å². The Morgan fingerprint density at radius 1 is 1.36 bits per heavy atom. The normalized spacial score (nSPS) is 19.8. The average molecular weight is 344 g/mol. The highest BCUT2D eigenvalue weighted by Gasteiger charge is 2.37. The molecule has 0 spiro atoms. The number of benzene rings is 1. The topological polar surface area (TPSA) is 106 Å². The second kappa shape index (κ2) is 7.25. The number of hydrogen-bond donors (Lipinski definition) is 5. The first-order chi connectivity index (χ1) is 12.0. The Kier molecular flexibility index (Phi) is 5.06. The van der Waals surface area contributed by atoms with Gasteiger partial charge in [0.25, 0.3) is 0 Å². The van der Waals surface area contributed by atoms with Gasteiger partial charge in [0.15, 0.2) is 0 Å². The maximum Gasteiger partial charge on any atom is 0.320 e. The lowest BCUT2D eigenvalue weighted by Gasteiger charge is -2.36. The molecule has 1 saturated heterocycles. The van der Waals surface area contributed by atoms with Crippen LogP contribution in [-0.2, 0) is 10.3 Å². The fourth-order valence-electron chi connectivity index (χ4n) is 2.68. The van der Waals surface area contributed by atoms with Gasteiger partial charge in [-0.3, -0.25) is 10.7 Å². The molecule has 1 saturated carbocycles. The third-order valence-electron chi connectivity index (χ3n) is 4.54. The largest absolute Gasteiger partial charge is 0.380 e. The molecule has 0 unspecified atom stereocenters. The van der Waals surface area contributed by atoms with Crippen molar-refractivity contribution in [2.45, 2.75) is 31.4 Å². The minimum atomic E-state index is -0.870. The van der Waals surface area contributed by atoms with E-state index in [9.17, 15) is 9.90 Å². The molecule has 1 atom stereocenters. The Morgan fingerprint density at radius 2 is 2.04 bits per heavy atom. The summed E-state index contributed by atoms with van der Waals surface area (Å²) < 4.78 is 5.05. The first-order valence-electron chi connectivity index (χ1n) is 8.46. The maximum atomic E-state index is 11.7. The van der Waals surface area contributed by atoms with E-state index in [2.05, 4.69) is 16.0 Å². The quantitative estimate of drug-likeness (QED) is 0.401. The predicted octanol–water partition coefficient (Wildman–Crippen LogP) is 1.90. The predicted molar refractivity (Wildman–Crippen MR) is 95.5 cm³/mol. The minimum absolute atomic E-state index is 0.00513. The lowest BCUT2D eigenvalue weighted by atomic mass is 9.92. The summed E-state index contributed by atoms with van der Waals surface area (Å²) in [5.41, 5.74) is 0.776. The number of ether oxygens (including phenoxy) is 1. The molecule has 1 aliphatic heterocycles. The third-order valence-corrected chi connectivity index (χ3v) is 4.54. The third kappa shape index (κ3) is 4.58. The van der Waals surface area contributed by atoms with Crippen molar-refractivity contribution in [1.82, 2.24) is 10.6 Å². The first kappa shape index (κ1) is 17.4. The lowest BCUT2D eigenvalue weighted by Crippen LogP contribution is -2.46. The van der Waals surface area contributed by atoms with Gasteiger partial charge in [0.1, 0.15) is 11.4 Å². The number of nitrogens with one attached hydrogen (secondary N) is 4. The lowest BCUT2D eigenvalue weighted by molar-refractivity contribution is -0.184. The van der Waals surface area contributed by atoms with Crippen LogP contribution in [0.1, 0.15) is 25.3 Å². The second-order valence-corrected chi connectivity index (χ2v) is 6.72. The molecule has 3 rings (SSSR count). The van der Waals surface area contributed by atoms with Gasteiger partial charge >= 0.3 is 6.03 Å². The van der Waals surface area contributed by atoms with Crippen molar-refractivity contribution in [3.05, 3.63) is 42.1 Å². The molecule has 5 N–H and O–H groups in total. The summed E-state index contributed by atoms with van der Waals surface area (Å²) in [5.74, 6) is 0.579. The van der Waals surface area contributed by atoms with Crippen molar-refractivity contribution in [3.63, 3.8) is 0 Å².